The first-order valence-corrected chi connectivity index (χ1v) is 10.5. The highest BCUT2D eigenvalue weighted by atomic mass is 16.5. The van der Waals surface area contributed by atoms with Crippen LogP contribution in [0.25, 0.3) is 0 Å². The van der Waals surface area contributed by atoms with Crippen LogP contribution in [-0.4, -0.2) is 17.0 Å². The van der Waals surface area contributed by atoms with Gasteiger partial charge in [0.05, 0.1) is 11.2 Å². The Morgan fingerprint density at radius 2 is 1.68 bits per heavy atom. The van der Waals surface area contributed by atoms with Crippen molar-refractivity contribution in [1.29, 1.82) is 0 Å². The topological polar surface area (TPSA) is 26.3 Å². The molecule has 0 aromatic rings. The van der Waals surface area contributed by atoms with E-state index in [2.05, 4.69) is 34.6 Å². The molecule has 0 aromatic carbocycles. The Morgan fingerprint density at radius 3 is 2.36 bits per heavy atom. The molecule has 2 aliphatic carbocycles. The number of ether oxygens (including phenoxy) is 1. The maximum absolute atomic E-state index is 11.7. The zero-order valence-electron chi connectivity index (χ0n) is 17.3. The summed E-state index contributed by atoms with van der Waals surface area (Å²) in [6.45, 7) is 14.0. The van der Waals surface area contributed by atoms with Crippen molar-refractivity contribution < 1.29 is 9.53 Å². The lowest BCUT2D eigenvalue weighted by Gasteiger charge is -2.65. The van der Waals surface area contributed by atoms with Crippen LogP contribution in [0.4, 0.5) is 0 Å². The molecule has 0 N–H and O–H groups in total. The summed E-state index contributed by atoms with van der Waals surface area (Å²) in [4.78, 5) is 11.7. The molecule has 3 rings (SSSR count). The van der Waals surface area contributed by atoms with Crippen LogP contribution in [0.15, 0.2) is 12.2 Å². The lowest BCUT2D eigenvalue weighted by Crippen LogP contribution is -2.62. The summed E-state index contributed by atoms with van der Waals surface area (Å²) in [5, 5.41) is 0. The Hall–Kier alpha value is -0.630. The summed E-state index contributed by atoms with van der Waals surface area (Å²) in [6.07, 6.45) is 13.1. The SMILES string of the molecule is CCC(=O)C=CC1(C)CCC2C(C)(CCC3C(C)(C)CCCC32C)O1. The zero-order chi connectivity index (χ0) is 18.5. The van der Waals surface area contributed by atoms with Gasteiger partial charge < -0.3 is 4.74 Å². The van der Waals surface area contributed by atoms with Gasteiger partial charge in [0, 0.05) is 6.42 Å². The van der Waals surface area contributed by atoms with Crippen LogP contribution in [0.5, 0.6) is 0 Å². The van der Waals surface area contributed by atoms with Gasteiger partial charge in [-0.3, -0.25) is 4.79 Å². The Morgan fingerprint density at radius 1 is 1.00 bits per heavy atom. The van der Waals surface area contributed by atoms with E-state index in [1.54, 1.807) is 6.08 Å². The monoisotopic (exact) mass is 346 g/mol. The molecule has 1 aliphatic heterocycles. The van der Waals surface area contributed by atoms with Crippen LogP contribution in [-0.2, 0) is 9.53 Å². The minimum atomic E-state index is -0.288. The van der Waals surface area contributed by atoms with Crippen molar-refractivity contribution in [1.82, 2.24) is 0 Å². The summed E-state index contributed by atoms with van der Waals surface area (Å²) in [7, 11) is 0. The van der Waals surface area contributed by atoms with Crippen molar-refractivity contribution in [2.45, 2.75) is 104 Å². The van der Waals surface area contributed by atoms with E-state index in [4.69, 9.17) is 4.74 Å². The molecule has 0 radical (unpaired) electrons. The number of ketones is 1. The molecule has 25 heavy (non-hydrogen) atoms. The summed E-state index contributed by atoms with van der Waals surface area (Å²) in [5.74, 6) is 1.65. The van der Waals surface area contributed by atoms with Gasteiger partial charge >= 0.3 is 0 Å². The Kier molecular flexibility index (Phi) is 4.76. The second-order valence-electron chi connectivity index (χ2n) is 10.4. The molecule has 0 spiro atoms. The number of hydrogen-bond acceptors (Lipinski definition) is 2. The second-order valence-corrected chi connectivity index (χ2v) is 10.4. The van der Waals surface area contributed by atoms with E-state index in [1.165, 1.54) is 32.1 Å². The van der Waals surface area contributed by atoms with E-state index < -0.39 is 0 Å². The van der Waals surface area contributed by atoms with Crippen molar-refractivity contribution >= 4 is 5.78 Å². The van der Waals surface area contributed by atoms with Gasteiger partial charge in [0.25, 0.3) is 0 Å². The smallest absolute Gasteiger partial charge is 0.155 e. The third-order valence-electron chi connectivity index (χ3n) is 8.10. The highest BCUT2D eigenvalue weighted by Gasteiger charge is 2.61. The highest BCUT2D eigenvalue weighted by Crippen LogP contribution is 2.65. The fraction of sp³-hybridized carbons (Fsp3) is 0.870. The van der Waals surface area contributed by atoms with Crippen molar-refractivity contribution in [3.8, 4) is 0 Å². The average molecular weight is 347 g/mol. The minimum absolute atomic E-state index is 0.0503. The molecule has 0 aromatic heterocycles. The van der Waals surface area contributed by atoms with E-state index >= 15 is 0 Å². The Bertz CT molecular complexity index is 562. The molecule has 0 bridgehead atoms. The van der Waals surface area contributed by atoms with Gasteiger partial charge in [0.1, 0.15) is 0 Å². The predicted molar refractivity (Wildman–Crippen MR) is 104 cm³/mol. The first-order chi connectivity index (χ1) is 11.5. The van der Waals surface area contributed by atoms with E-state index in [9.17, 15) is 4.79 Å². The Balaban J connectivity index is 1.85. The molecule has 3 fully saturated rings. The zero-order valence-corrected chi connectivity index (χ0v) is 17.3. The van der Waals surface area contributed by atoms with Crippen molar-refractivity contribution in [3.63, 3.8) is 0 Å². The second kappa shape index (κ2) is 6.22. The molecular formula is C23H38O2. The summed E-state index contributed by atoms with van der Waals surface area (Å²) in [5.41, 5.74) is 0.524. The maximum atomic E-state index is 11.7. The Labute approximate surface area is 154 Å². The third-order valence-corrected chi connectivity index (χ3v) is 8.10. The fourth-order valence-corrected chi connectivity index (χ4v) is 6.88. The van der Waals surface area contributed by atoms with Gasteiger partial charge in [-0.25, -0.2) is 0 Å². The predicted octanol–water partition coefficient (Wildman–Crippen LogP) is 6.09. The number of rotatable bonds is 3. The van der Waals surface area contributed by atoms with Crippen molar-refractivity contribution in [3.05, 3.63) is 12.2 Å². The molecule has 5 atom stereocenters. The molecular weight excluding hydrogens is 308 g/mol. The fourth-order valence-electron chi connectivity index (χ4n) is 6.88. The molecule has 2 nitrogen and oxygen atoms in total. The molecule has 2 heteroatoms. The minimum Gasteiger partial charge on any atom is -0.365 e. The van der Waals surface area contributed by atoms with Crippen LogP contribution in [0.2, 0.25) is 0 Å². The molecule has 2 saturated carbocycles. The van der Waals surface area contributed by atoms with Gasteiger partial charge in [-0.1, -0.05) is 34.1 Å². The maximum Gasteiger partial charge on any atom is 0.155 e. The van der Waals surface area contributed by atoms with Crippen molar-refractivity contribution in [2.75, 3.05) is 0 Å². The van der Waals surface area contributed by atoms with E-state index in [0.717, 1.165) is 18.8 Å². The van der Waals surface area contributed by atoms with E-state index in [-0.39, 0.29) is 17.0 Å². The molecule has 3 aliphatic rings. The number of hydrogen-bond donors (Lipinski definition) is 0. The highest BCUT2D eigenvalue weighted by molar-refractivity contribution is 5.89. The van der Waals surface area contributed by atoms with Gasteiger partial charge in [-0.15, -0.1) is 0 Å². The van der Waals surface area contributed by atoms with Gasteiger partial charge in [-0.05, 0) is 87.2 Å². The van der Waals surface area contributed by atoms with Crippen molar-refractivity contribution in [2.24, 2.45) is 22.7 Å². The largest absolute Gasteiger partial charge is 0.365 e. The van der Waals surface area contributed by atoms with Crippen LogP contribution < -0.4 is 0 Å². The lowest BCUT2D eigenvalue weighted by molar-refractivity contribution is -0.252. The average Bonchev–Trinajstić information content (AvgIpc) is 2.50. The van der Waals surface area contributed by atoms with Gasteiger partial charge in [0.15, 0.2) is 5.78 Å². The molecule has 0 amide bonds. The molecule has 142 valence electrons. The van der Waals surface area contributed by atoms with Gasteiger partial charge in [-0.2, -0.15) is 0 Å². The molecule has 5 unspecified atom stereocenters. The standard InChI is InChI=1S/C23H38O2/c1-7-17(24)9-14-21(4)15-10-19-22(5)13-8-12-20(2,3)18(22)11-16-23(19,6)25-21/h9,14,18-19H,7-8,10-13,15-16H2,1-6H3. The third kappa shape index (κ3) is 3.24. The quantitative estimate of drug-likeness (QED) is 0.578. The van der Waals surface area contributed by atoms with E-state index in [1.807, 2.05) is 13.0 Å². The number of allylic oxidation sites excluding steroid dienone is 1. The molecule has 1 saturated heterocycles. The van der Waals surface area contributed by atoms with Crippen LogP contribution in [0.1, 0.15) is 92.9 Å². The van der Waals surface area contributed by atoms with E-state index in [0.29, 0.717) is 23.2 Å². The number of carbonyl (C=O) groups is 1. The first kappa shape index (κ1) is 19.1. The number of fused-ring (bicyclic) bond motifs is 3. The molecule has 1 heterocycles. The number of carbonyl (C=O) groups excluding carboxylic acids is 1. The van der Waals surface area contributed by atoms with Crippen LogP contribution >= 0.6 is 0 Å². The van der Waals surface area contributed by atoms with Crippen LogP contribution in [0, 0.1) is 22.7 Å². The van der Waals surface area contributed by atoms with Crippen LogP contribution in [0.3, 0.4) is 0 Å². The normalized spacial score (nSPS) is 46.5. The summed E-state index contributed by atoms with van der Waals surface area (Å²) >= 11 is 0. The lowest BCUT2D eigenvalue weighted by atomic mass is 9.44. The summed E-state index contributed by atoms with van der Waals surface area (Å²) in [6, 6.07) is 0. The summed E-state index contributed by atoms with van der Waals surface area (Å²) < 4.78 is 6.80. The van der Waals surface area contributed by atoms with Gasteiger partial charge in [0.2, 0.25) is 0 Å². The first-order valence-electron chi connectivity index (χ1n) is 10.5.